The van der Waals surface area contributed by atoms with Crippen molar-refractivity contribution in [3.8, 4) is 0 Å². The Morgan fingerprint density at radius 1 is 1.45 bits per heavy atom. The molecule has 1 aliphatic heterocycles. The molecule has 0 aromatic carbocycles. The molecule has 2 atom stereocenters. The van der Waals surface area contributed by atoms with E-state index in [2.05, 4.69) is 4.98 Å². The van der Waals surface area contributed by atoms with Crippen LogP contribution in [0, 0.1) is 0 Å². The Morgan fingerprint density at radius 3 is 2.75 bits per heavy atom. The van der Waals surface area contributed by atoms with E-state index in [-0.39, 0.29) is 18.4 Å². The predicted molar refractivity (Wildman–Crippen MR) is 69.6 cm³/mol. The average molecular weight is 289 g/mol. The summed E-state index contributed by atoms with van der Waals surface area (Å²) in [7, 11) is 3.71. The van der Waals surface area contributed by atoms with Gasteiger partial charge in [0.05, 0.1) is 11.7 Å². The Balaban J connectivity index is 2.34. The molecule has 0 radical (unpaired) electrons. The maximum atomic E-state index is 13.0. The number of hydrogen-bond donors (Lipinski definition) is 1. The van der Waals surface area contributed by atoms with E-state index in [0.29, 0.717) is 13.0 Å². The molecular formula is C13H18F3N3O. The largest absolute Gasteiger partial charge is 0.419 e. The molecule has 2 unspecified atom stereocenters. The summed E-state index contributed by atoms with van der Waals surface area (Å²) in [5.74, 6) is -0.0941. The molecule has 4 nitrogen and oxygen atoms in total. The molecule has 0 saturated carbocycles. The summed E-state index contributed by atoms with van der Waals surface area (Å²) in [4.78, 5) is 7.35. The quantitative estimate of drug-likeness (QED) is 0.917. The second-order valence-corrected chi connectivity index (χ2v) is 5.33. The average Bonchev–Trinajstić information content (AvgIpc) is 2.68. The topological polar surface area (TPSA) is 39.6 Å². The minimum atomic E-state index is -4.44. The zero-order valence-corrected chi connectivity index (χ0v) is 11.4. The molecule has 1 fully saturated rings. The fraction of sp³-hybridized carbons (Fsp3) is 0.615. The fourth-order valence-corrected chi connectivity index (χ4v) is 2.59. The highest BCUT2D eigenvalue weighted by molar-refractivity contribution is 5.50. The summed E-state index contributed by atoms with van der Waals surface area (Å²) in [6.45, 7) is 0.754. The molecule has 2 heterocycles. The number of β-amino-alcohol motifs (C(OH)–C–C–N with tert-alkyl or cyclic N) is 1. The number of pyridine rings is 1. The van der Waals surface area contributed by atoms with Crippen LogP contribution in [0.5, 0.6) is 0 Å². The molecule has 2 rings (SSSR count). The molecule has 112 valence electrons. The first kappa shape index (κ1) is 15.1. The minimum Gasteiger partial charge on any atom is -0.391 e. The summed E-state index contributed by atoms with van der Waals surface area (Å²) in [6, 6.07) is 2.13. The zero-order valence-electron chi connectivity index (χ0n) is 11.4. The van der Waals surface area contributed by atoms with Gasteiger partial charge in [-0.2, -0.15) is 13.2 Å². The second-order valence-electron chi connectivity index (χ2n) is 5.33. The Hall–Kier alpha value is -1.34. The highest BCUT2D eigenvalue weighted by Crippen LogP contribution is 2.37. The van der Waals surface area contributed by atoms with Gasteiger partial charge in [-0.3, -0.25) is 0 Å². The van der Waals surface area contributed by atoms with E-state index in [9.17, 15) is 18.3 Å². The van der Waals surface area contributed by atoms with E-state index < -0.39 is 17.8 Å². The van der Waals surface area contributed by atoms with E-state index in [4.69, 9.17) is 0 Å². The third-order valence-corrected chi connectivity index (χ3v) is 3.33. The molecule has 0 aliphatic carbocycles. The molecular weight excluding hydrogens is 271 g/mol. The lowest BCUT2D eigenvalue weighted by Crippen LogP contribution is -2.39. The van der Waals surface area contributed by atoms with Gasteiger partial charge in [0.25, 0.3) is 0 Å². The minimum absolute atomic E-state index is 0.0941. The molecule has 1 N–H and O–H groups in total. The lowest BCUT2D eigenvalue weighted by molar-refractivity contribution is -0.137. The van der Waals surface area contributed by atoms with Crippen molar-refractivity contribution >= 4 is 5.82 Å². The maximum Gasteiger partial charge on any atom is 0.419 e. The van der Waals surface area contributed by atoms with Gasteiger partial charge in [0.15, 0.2) is 0 Å². The molecule has 1 aliphatic rings. The van der Waals surface area contributed by atoms with Crippen molar-refractivity contribution in [3.05, 3.63) is 23.9 Å². The summed E-state index contributed by atoms with van der Waals surface area (Å²) >= 11 is 0. The van der Waals surface area contributed by atoms with Crippen molar-refractivity contribution in [1.82, 2.24) is 9.88 Å². The Labute approximate surface area is 115 Å². The van der Waals surface area contributed by atoms with Crippen LogP contribution >= 0.6 is 0 Å². The highest BCUT2D eigenvalue weighted by Gasteiger charge is 2.40. The second kappa shape index (κ2) is 5.57. The summed E-state index contributed by atoms with van der Waals surface area (Å²) in [5.41, 5.74) is -0.752. The number of nitrogens with zero attached hydrogens (tertiary/aromatic N) is 3. The number of alkyl halides is 3. The van der Waals surface area contributed by atoms with Gasteiger partial charge in [0.1, 0.15) is 5.82 Å². The van der Waals surface area contributed by atoms with Crippen molar-refractivity contribution < 1.29 is 18.3 Å². The number of aliphatic hydroxyl groups is 1. The Kier molecular flexibility index (Phi) is 4.19. The summed E-state index contributed by atoms with van der Waals surface area (Å²) in [6.07, 6.45) is -3.27. The molecule has 20 heavy (non-hydrogen) atoms. The van der Waals surface area contributed by atoms with Crippen LogP contribution in [0.4, 0.5) is 19.0 Å². The fourth-order valence-electron chi connectivity index (χ4n) is 2.59. The monoisotopic (exact) mass is 289 g/mol. The number of aliphatic hydroxyl groups excluding tert-OH is 1. The predicted octanol–water partition coefficient (Wildman–Crippen LogP) is 1.60. The molecule has 1 saturated heterocycles. The molecule has 1 aromatic rings. The lowest BCUT2D eigenvalue weighted by atomic mass is 10.1. The van der Waals surface area contributed by atoms with Gasteiger partial charge in [-0.15, -0.1) is 0 Å². The standard InChI is InChI=1S/C13H18F3N3O/c1-18(2)7-9-6-10(20)8-19(9)12-11(13(14,15)16)4-3-5-17-12/h3-5,9-10,20H,6-8H2,1-2H3. The molecule has 0 bridgehead atoms. The van der Waals surface area contributed by atoms with Crippen LogP contribution < -0.4 is 4.90 Å². The number of anilines is 1. The summed E-state index contributed by atoms with van der Waals surface area (Å²) < 4.78 is 39.1. The van der Waals surface area contributed by atoms with Gasteiger partial charge in [-0.05, 0) is 32.6 Å². The molecule has 0 spiro atoms. The number of hydrogen-bond acceptors (Lipinski definition) is 4. The first-order valence-electron chi connectivity index (χ1n) is 6.40. The van der Waals surface area contributed by atoms with Crippen LogP contribution in [0.3, 0.4) is 0 Å². The normalized spacial score (nSPS) is 23.6. The molecule has 1 aromatic heterocycles. The van der Waals surface area contributed by atoms with E-state index in [0.717, 1.165) is 6.07 Å². The zero-order chi connectivity index (χ0) is 14.9. The highest BCUT2D eigenvalue weighted by atomic mass is 19.4. The van der Waals surface area contributed by atoms with Crippen molar-refractivity contribution in [2.24, 2.45) is 0 Å². The third-order valence-electron chi connectivity index (χ3n) is 3.33. The van der Waals surface area contributed by atoms with E-state index in [1.165, 1.54) is 12.3 Å². The number of halogens is 3. The van der Waals surface area contributed by atoms with Gasteiger partial charge in [-0.1, -0.05) is 0 Å². The van der Waals surface area contributed by atoms with Crippen LogP contribution in [0.25, 0.3) is 0 Å². The van der Waals surface area contributed by atoms with Crippen molar-refractivity contribution in [1.29, 1.82) is 0 Å². The van der Waals surface area contributed by atoms with Gasteiger partial charge in [0.2, 0.25) is 0 Å². The molecule has 7 heteroatoms. The number of rotatable bonds is 3. The SMILES string of the molecule is CN(C)CC1CC(O)CN1c1ncccc1C(F)(F)F. The third kappa shape index (κ3) is 3.21. The van der Waals surface area contributed by atoms with Crippen LogP contribution in [0.1, 0.15) is 12.0 Å². The Morgan fingerprint density at radius 2 is 2.15 bits per heavy atom. The van der Waals surface area contributed by atoms with Gasteiger partial charge >= 0.3 is 6.18 Å². The lowest BCUT2D eigenvalue weighted by Gasteiger charge is -2.29. The first-order chi connectivity index (χ1) is 9.29. The number of aromatic nitrogens is 1. The van der Waals surface area contributed by atoms with Crippen LogP contribution in [0.2, 0.25) is 0 Å². The van der Waals surface area contributed by atoms with Crippen LogP contribution in [0.15, 0.2) is 18.3 Å². The van der Waals surface area contributed by atoms with Crippen molar-refractivity contribution in [3.63, 3.8) is 0 Å². The maximum absolute atomic E-state index is 13.0. The number of likely N-dealkylation sites (N-methyl/N-ethyl adjacent to an activating group) is 1. The van der Waals surface area contributed by atoms with Crippen molar-refractivity contribution in [2.45, 2.75) is 24.7 Å². The smallest absolute Gasteiger partial charge is 0.391 e. The summed E-state index contributed by atoms with van der Waals surface area (Å²) in [5, 5.41) is 9.77. The van der Waals surface area contributed by atoms with Crippen LogP contribution in [-0.2, 0) is 6.18 Å². The van der Waals surface area contributed by atoms with E-state index in [1.54, 1.807) is 4.90 Å². The van der Waals surface area contributed by atoms with E-state index in [1.807, 2.05) is 19.0 Å². The van der Waals surface area contributed by atoms with E-state index >= 15 is 0 Å². The Bertz CT molecular complexity index is 464. The van der Waals surface area contributed by atoms with Gasteiger partial charge in [-0.25, -0.2) is 4.98 Å². The first-order valence-corrected chi connectivity index (χ1v) is 6.40. The van der Waals surface area contributed by atoms with Gasteiger partial charge in [0, 0.05) is 25.3 Å². The van der Waals surface area contributed by atoms with Crippen molar-refractivity contribution in [2.75, 3.05) is 32.1 Å². The van der Waals surface area contributed by atoms with Gasteiger partial charge < -0.3 is 14.9 Å². The molecule has 0 amide bonds. The van der Waals surface area contributed by atoms with Crippen LogP contribution in [-0.4, -0.2) is 54.3 Å².